The first-order valence-electron chi connectivity index (χ1n) is 5.67. The topological polar surface area (TPSA) is 29.9 Å². The lowest BCUT2D eigenvalue weighted by molar-refractivity contribution is 0.598. The first-order valence-corrected chi connectivity index (χ1v) is 5.67. The normalized spacial score (nSPS) is 12.4. The highest BCUT2D eigenvalue weighted by molar-refractivity contribution is 5.34. The molecule has 0 aliphatic carbocycles. The number of hydrogen-bond acceptors (Lipinski definition) is 2. The zero-order valence-electron chi connectivity index (χ0n) is 9.74. The minimum absolute atomic E-state index is 0.468. The molecule has 0 saturated carbocycles. The monoisotopic (exact) mass is 207 g/mol. The van der Waals surface area contributed by atoms with Gasteiger partial charge in [-0.05, 0) is 26.2 Å². The van der Waals surface area contributed by atoms with Crippen molar-refractivity contribution in [3.05, 3.63) is 24.9 Å². The number of nitrogens with one attached hydrogen (secondary N) is 1. The number of nitrogens with zero attached hydrogens (tertiary/aromatic N) is 2. The Balaban J connectivity index is 2.47. The van der Waals surface area contributed by atoms with Crippen LogP contribution in [-0.2, 0) is 6.54 Å². The third-order valence-corrected chi connectivity index (χ3v) is 2.35. The van der Waals surface area contributed by atoms with Gasteiger partial charge in [0.05, 0.1) is 6.20 Å². The zero-order valence-corrected chi connectivity index (χ0v) is 9.74. The molecule has 0 aliphatic rings. The van der Waals surface area contributed by atoms with Gasteiger partial charge in [-0.15, -0.1) is 6.58 Å². The number of aromatic nitrogens is 2. The molecule has 0 aliphatic heterocycles. The predicted octanol–water partition coefficient (Wildman–Crippen LogP) is 3.06. The second-order valence-electron chi connectivity index (χ2n) is 3.85. The minimum Gasteiger partial charge on any atom is -0.368 e. The molecule has 0 saturated heterocycles. The molecular weight excluding hydrogens is 186 g/mol. The van der Waals surface area contributed by atoms with E-state index in [9.17, 15) is 0 Å². The summed E-state index contributed by atoms with van der Waals surface area (Å²) in [6.45, 7) is 9.05. The second-order valence-corrected chi connectivity index (χ2v) is 3.85. The SMILES string of the molecule is C=CCCC(C)Nc1ccnn1CCC. The van der Waals surface area contributed by atoms with Gasteiger partial charge in [-0.3, -0.25) is 0 Å². The molecule has 1 atom stereocenters. The van der Waals surface area contributed by atoms with Crippen LogP contribution in [0.1, 0.15) is 33.1 Å². The summed E-state index contributed by atoms with van der Waals surface area (Å²) in [6.07, 6.45) is 7.08. The maximum absolute atomic E-state index is 4.27. The largest absolute Gasteiger partial charge is 0.368 e. The smallest absolute Gasteiger partial charge is 0.124 e. The average molecular weight is 207 g/mol. The van der Waals surface area contributed by atoms with Crippen LogP contribution in [0.4, 0.5) is 5.82 Å². The Morgan fingerprint density at radius 2 is 2.47 bits per heavy atom. The second kappa shape index (κ2) is 6.27. The quantitative estimate of drug-likeness (QED) is 0.696. The van der Waals surface area contributed by atoms with Crippen LogP contribution >= 0.6 is 0 Å². The van der Waals surface area contributed by atoms with Gasteiger partial charge in [0.25, 0.3) is 0 Å². The van der Waals surface area contributed by atoms with Crippen LogP contribution in [0.15, 0.2) is 24.9 Å². The number of rotatable bonds is 7. The molecule has 84 valence electrons. The van der Waals surface area contributed by atoms with Crippen LogP contribution < -0.4 is 5.32 Å². The molecule has 0 bridgehead atoms. The van der Waals surface area contributed by atoms with Gasteiger partial charge in [0, 0.05) is 18.7 Å². The van der Waals surface area contributed by atoms with E-state index in [-0.39, 0.29) is 0 Å². The lowest BCUT2D eigenvalue weighted by Gasteiger charge is -2.15. The third kappa shape index (κ3) is 3.78. The molecule has 15 heavy (non-hydrogen) atoms. The van der Waals surface area contributed by atoms with E-state index in [2.05, 4.69) is 30.8 Å². The van der Waals surface area contributed by atoms with E-state index in [4.69, 9.17) is 0 Å². The number of hydrogen-bond donors (Lipinski definition) is 1. The minimum atomic E-state index is 0.468. The molecule has 3 nitrogen and oxygen atoms in total. The summed E-state index contributed by atoms with van der Waals surface area (Å²) in [5, 5.41) is 7.74. The fourth-order valence-corrected chi connectivity index (χ4v) is 1.54. The molecule has 1 heterocycles. The van der Waals surface area contributed by atoms with Crippen LogP contribution in [-0.4, -0.2) is 15.8 Å². The van der Waals surface area contributed by atoms with Crippen molar-refractivity contribution < 1.29 is 0 Å². The van der Waals surface area contributed by atoms with Gasteiger partial charge in [-0.25, -0.2) is 4.68 Å². The molecule has 0 spiro atoms. The van der Waals surface area contributed by atoms with Gasteiger partial charge < -0.3 is 5.32 Å². The molecular formula is C12H21N3. The van der Waals surface area contributed by atoms with E-state index >= 15 is 0 Å². The summed E-state index contributed by atoms with van der Waals surface area (Å²) >= 11 is 0. The van der Waals surface area contributed by atoms with Gasteiger partial charge in [-0.1, -0.05) is 13.0 Å². The van der Waals surface area contributed by atoms with E-state index in [1.807, 2.05) is 23.0 Å². The third-order valence-electron chi connectivity index (χ3n) is 2.35. The van der Waals surface area contributed by atoms with E-state index < -0.39 is 0 Å². The molecule has 3 heteroatoms. The maximum atomic E-state index is 4.27. The highest BCUT2D eigenvalue weighted by Gasteiger charge is 2.04. The lowest BCUT2D eigenvalue weighted by atomic mass is 10.2. The molecule has 0 radical (unpaired) electrons. The van der Waals surface area contributed by atoms with Crippen LogP contribution in [0.2, 0.25) is 0 Å². The van der Waals surface area contributed by atoms with Gasteiger partial charge >= 0.3 is 0 Å². The Labute approximate surface area is 92.2 Å². The van der Waals surface area contributed by atoms with Crippen molar-refractivity contribution >= 4 is 5.82 Å². The molecule has 0 aromatic carbocycles. The highest BCUT2D eigenvalue weighted by atomic mass is 15.3. The first-order chi connectivity index (χ1) is 7.27. The summed E-state index contributed by atoms with van der Waals surface area (Å²) < 4.78 is 2.02. The highest BCUT2D eigenvalue weighted by Crippen LogP contribution is 2.10. The molecule has 0 amide bonds. The number of allylic oxidation sites excluding steroid dienone is 1. The van der Waals surface area contributed by atoms with Crippen molar-refractivity contribution in [1.29, 1.82) is 0 Å². The summed E-state index contributed by atoms with van der Waals surface area (Å²) in [5.74, 6) is 1.12. The average Bonchev–Trinajstić information content (AvgIpc) is 2.63. The van der Waals surface area contributed by atoms with Crippen molar-refractivity contribution in [2.24, 2.45) is 0 Å². The van der Waals surface area contributed by atoms with E-state index in [1.54, 1.807) is 0 Å². The van der Waals surface area contributed by atoms with Gasteiger partial charge in [0.2, 0.25) is 0 Å². The number of anilines is 1. The van der Waals surface area contributed by atoms with Crippen LogP contribution in [0, 0.1) is 0 Å². The molecule has 1 aromatic heterocycles. The Hall–Kier alpha value is -1.25. The molecule has 1 unspecified atom stereocenters. The van der Waals surface area contributed by atoms with Crippen molar-refractivity contribution in [2.75, 3.05) is 5.32 Å². The van der Waals surface area contributed by atoms with E-state index in [0.29, 0.717) is 6.04 Å². The van der Waals surface area contributed by atoms with Gasteiger partial charge in [0.1, 0.15) is 5.82 Å². The molecule has 1 N–H and O–H groups in total. The van der Waals surface area contributed by atoms with E-state index in [0.717, 1.165) is 31.6 Å². The molecule has 1 aromatic rings. The summed E-state index contributed by atoms with van der Waals surface area (Å²) in [5.41, 5.74) is 0. The van der Waals surface area contributed by atoms with Crippen molar-refractivity contribution in [3.8, 4) is 0 Å². The van der Waals surface area contributed by atoms with Crippen LogP contribution in [0.25, 0.3) is 0 Å². The van der Waals surface area contributed by atoms with Crippen LogP contribution in [0.5, 0.6) is 0 Å². The Morgan fingerprint density at radius 3 is 3.13 bits per heavy atom. The predicted molar refractivity (Wildman–Crippen MR) is 65.0 cm³/mol. The van der Waals surface area contributed by atoms with Crippen LogP contribution in [0.3, 0.4) is 0 Å². The lowest BCUT2D eigenvalue weighted by Crippen LogP contribution is -2.17. The summed E-state index contributed by atoms with van der Waals surface area (Å²) in [4.78, 5) is 0. The summed E-state index contributed by atoms with van der Waals surface area (Å²) in [7, 11) is 0. The van der Waals surface area contributed by atoms with Gasteiger partial charge in [0.15, 0.2) is 0 Å². The zero-order chi connectivity index (χ0) is 11.1. The van der Waals surface area contributed by atoms with Gasteiger partial charge in [-0.2, -0.15) is 5.10 Å². The number of aryl methyl sites for hydroxylation is 1. The van der Waals surface area contributed by atoms with Crippen molar-refractivity contribution in [1.82, 2.24) is 9.78 Å². The molecule has 1 rings (SSSR count). The van der Waals surface area contributed by atoms with E-state index in [1.165, 1.54) is 0 Å². The fourth-order valence-electron chi connectivity index (χ4n) is 1.54. The fraction of sp³-hybridized carbons (Fsp3) is 0.583. The Kier molecular flexibility index (Phi) is 4.95. The Morgan fingerprint density at radius 1 is 1.67 bits per heavy atom. The Bertz CT molecular complexity index is 291. The first kappa shape index (κ1) is 11.8. The maximum Gasteiger partial charge on any atom is 0.124 e. The van der Waals surface area contributed by atoms with Crippen molar-refractivity contribution in [3.63, 3.8) is 0 Å². The molecule has 0 fully saturated rings. The standard InChI is InChI=1S/C12H21N3/c1-4-6-7-11(3)14-12-8-9-13-15(12)10-5-2/h4,8-9,11,14H,1,5-7,10H2,2-3H3. The van der Waals surface area contributed by atoms with Crippen molar-refractivity contribution in [2.45, 2.75) is 45.7 Å². The summed E-state index contributed by atoms with van der Waals surface area (Å²) in [6, 6.07) is 2.50.